The molecular weight excluding hydrogens is 332 g/mol. The summed E-state index contributed by atoms with van der Waals surface area (Å²) >= 11 is 0. The van der Waals surface area contributed by atoms with Gasteiger partial charge < -0.3 is 0 Å². The summed E-state index contributed by atoms with van der Waals surface area (Å²) in [5.74, 6) is 0. The van der Waals surface area contributed by atoms with Crippen LogP contribution in [0.25, 0.3) is 0 Å². The maximum absolute atomic E-state index is 10.7. The minimum absolute atomic E-state index is 0.519. The Morgan fingerprint density at radius 2 is 0.810 bits per heavy atom. The second kappa shape index (κ2) is 8.34. The molecule has 0 N–H and O–H groups in total. The fourth-order valence-corrected chi connectivity index (χ4v) is 5.86. The molecule has 0 aliphatic rings. The molecule has 0 aliphatic heterocycles. The Bertz CT molecular complexity index is 239. The van der Waals surface area contributed by atoms with Crippen LogP contribution in [0.15, 0.2) is 0 Å². The number of halogens is 6. The molecule has 0 aliphatic carbocycles. The van der Waals surface area contributed by atoms with E-state index in [1.165, 1.54) is 38.5 Å². The summed E-state index contributed by atoms with van der Waals surface area (Å²) < 4.78 is 59.2. The molecule has 134 valence electrons. The molecule has 0 aromatic heterocycles. The van der Waals surface area contributed by atoms with E-state index in [-0.39, 0.29) is 0 Å². The molecule has 0 heterocycles. The Labute approximate surface area is 125 Å². The summed E-state index contributed by atoms with van der Waals surface area (Å²) in [6.45, 7) is 9.59. The van der Waals surface area contributed by atoms with Gasteiger partial charge in [0.15, 0.2) is 0 Å². The van der Waals surface area contributed by atoms with Gasteiger partial charge in [-0.3, -0.25) is 0 Å². The molecule has 0 amide bonds. The average molecular weight is 362 g/mol. The van der Waals surface area contributed by atoms with Crippen molar-refractivity contribution < 1.29 is 25.2 Å². The zero-order valence-electron chi connectivity index (χ0n) is 13.5. The monoisotopic (exact) mass is 362 g/mol. The topological polar surface area (TPSA) is 0 Å². The Kier molecular flexibility index (Phi) is 9.41. The molecule has 0 fully saturated rings. The third kappa shape index (κ3) is 29.2. The van der Waals surface area contributed by atoms with Crippen LogP contribution in [0, 0.1) is 0 Å². The number of rotatable bonds is 9. The van der Waals surface area contributed by atoms with Gasteiger partial charge in [0, 0.05) is 13.9 Å². The standard InChI is InChI=1S/C13H30P.F6P/c1-5-8-11-14(4,12-9-6-2)13-10-7-3;1-7(2,3,4,5)6/h5-13H2,1-4H3;/q+1;-1. The first-order valence-electron chi connectivity index (χ1n) is 7.53. The van der Waals surface area contributed by atoms with E-state index in [9.17, 15) is 25.2 Å². The summed E-state index contributed by atoms with van der Waals surface area (Å²) in [4.78, 5) is 0. The Balaban J connectivity index is 0. The Hall–Kier alpha value is 0.440. The van der Waals surface area contributed by atoms with Gasteiger partial charge in [-0.1, -0.05) is 40.0 Å². The van der Waals surface area contributed by atoms with E-state index in [1.807, 2.05) is 0 Å². The fourth-order valence-electron chi connectivity index (χ4n) is 1.95. The molecule has 0 nitrogen and oxygen atoms in total. The van der Waals surface area contributed by atoms with Crippen molar-refractivity contribution >= 4 is 15.1 Å². The van der Waals surface area contributed by atoms with Crippen LogP contribution in [0.1, 0.15) is 59.3 Å². The Morgan fingerprint density at radius 3 is 0.952 bits per heavy atom. The van der Waals surface area contributed by atoms with Crippen molar-refractivity contribution in [1.29, 1.82) is 0 Å². The summed E-state index contributed by atoms with van der Waals surface area (Å²) in [6.07, 6.45) is 13.2. The molecule has 0 rings (SSSR count). The molecule has 0 saturated carbocycles. The molecule has 0 atom stereocenters. The van der Waals surface area contributed by atoms with Crippen LogP contribution in [0.2, 0.25) is 0 Å². The molecule has 0 radical (unpaired) electrons. The number of unbranched alkanes of at least 4 members (excludes halogenated alkanes) is 3. The third-order valence-electron chi connectivity index (χ3n) is 3.15. The van der Waals surface area contributed by atoms with Crippen molar-refractivity contribution in [3.63, 3.8) is 0 Å². The van der Waals surface area contributed by atoms with Gasteiger partial charge in [0.25, 0.3) is 0 Å². The molecular formula is C13H30F6P2. The first-order chi connectivity index (χ1) is 9.13. The Morgan fingerprint density at radius 1 is 0.619 bits per heavy atom. The molecule has 0 bridgehead atoms. The van der Waals surface area contributed by atoms with Crippen molar-refractivity contribution in [3.05, 3.63) is 0 Å². The molecule has 0 unspecified atom stereocenters. The van der Waals surface area contributed by atoms with Crippen molar-refractivity contribution in [2.24, 2.45) is 0 Å². The van der Waals surface area contributed by atoms with E-state index in [2.05, 4.69) is 27.4 Å². The quantitative estimate of drug-likeness (QED) is 0.285. The molecule has 0 spiro atoms. The van der Waals surface area contributed by atoms with E-state index >= 15 is 0 Å². The van der Waals surface area contributed by atoms with Gasteiger partial charge in [0.2, 0.25) is 0 Å². The van der Waals surface area contributed by atoms with E-state index < -0.39 is 15.1 Å². The second-order valence-electron chi connectivity index (χ2n) is 5.81. The zero-order valence-corrected chi connectivity index (χ0v) is 15.3. The van der Waals surface area contributed by atoms with E-state index in [0.29, 0.717) is 0 Å². The number of hydrogen-bond acceptors (Lipinski definition) is 0. The van der Waals surface area contributed by atoms with Gasteiger partial charge >= 0.3 is 33.0 Å². The zero-order chi connectivity index (χ0) is 17.3. The predicted octanol–water partition coefficient (Wildman–Crippen LogP) is 8.42. The molecule has 8 heteroatoms. The van der Waals surface area contributed by atoms with Gasteiger partial charge in [0.05, 0.1) is 18.5 Å². The molecule has 0 aromatic rings. The first kappa shape index (κ1) is 23.7. The maximum atomic E-state index is 9.87. The summed E-state index contributed by atoms with van der Waals surface area (Å²) in [5.41, 5.74) is 0. The molecule has 0 aromatic carbocycles. The second-order valence-corrected chi connectivity index (χ2v) is 12.3. The first-order valence-corrected chi connectivity index (χ1v) is 12.4. The SMILES string of the molecule is CCCC[P+](C)(CCCC)CCCC.F[P-](F)(F)(F)(F)F. The third-order valence-corrected chi connectivity index (χ3v) is 7.34. The van der Waals surface area contributed by atoms with Gasteiger partial charge in [-0.25, -0.2) is 0 Å². The van der Waals surface area contributed by atoms with Gasteiger partial charge in [-0.2, -0.15) is 0 Å². The molecule has 0 saturated heterocycles. The van der Waals surface area contributed by atoms with Crippen molar-refractivity contribution in [3.8, 4) is 0 Å². The van der Waals surface area contributed by atoms with Crippen LogP contribution >= 0.6 is 15.1 Å². The summed E-state index contributed by atoms with van der Waals surface area (Å²) in [7, 11) is -11.2. The van der Waals surface area contributed by atoms with Crippen LogP contribution in [0.3, 0.4) is 0 Å². The van der Waals surface area contributed by atoms with Crippen molar-refractivity contribution in [2.45, 2.75) is 59.3 Å². The average Bonchev–Trinajstić information content (AvgIpc) is 2.28. The van der Waals surface area contributed by atoms with Crippen molar-refractivity contribution in [2.75, 3.05) is 25.2 Å². The normalized spacial score (nSPS) is 15.7. The van der Waals surface area contributed by atoms with Crippen molar-refractivity contribution in [1.82, 2.24) is 0 Å². The number of hydrogen-bond donors (Lipinski definition) is 0. The van der Waals surface area contributed by atoms with Crippen LogP contribution in [-0.2, 0) is 0 Å². The van der Waals surface area contributed by atoms with Crippen LogP contribution in [0.5, 0.6) is 0 Å². The van der Waals surface area contributed by atoms with Crippen LogP contribution in [0.4, 0.5) is 25.2 Å². The minimum atomic E-state index is -10.7. The van der Waals surface area contributed by atoms with Gasteiger partial charge in [-0.05, 0) is 19.3 Å². The predicted molar refractivity (Wildman–Crippen MR) is 85.7 cm³/mol. The van der Waals surface area contributed by atoms with Gasteiger partial charge in [0.1, 0.15) is 0 Å². The summed E-state index contributed by atoms with van der Waals surface area (Å²) in [5, 5.41) is 0. The fraction of sp³-hybridized carbons (Fsp3) is 1.00. The van der Waals surface area contributed by atoms with Gasteiger partial charge in [-0.15, -0.1) is 0 Å². The van der Waals surface area contributed by atoms with E-state index in [1.54, 1.807) is 18.5 Å². The molecule has 21 heavy (non-hydrogen) atoms. The van der Waals surface area contributed by atoms with E-state index in [0.717, 1.165) is 0 Å². The van der Waals surface area contributed by atoms with Crippen LogP contribution < -0.4 is 0 Å². The van der Waals surface area contributed by atoms with E-state index in [4.69, 9.17) is 0 Å². The van der Waals surface area contributed by atoms with Crippen LogP contribution in [-0.4, -0.2) is 25.2 Å². The summed E-state index contributed by atoms with van der Waals surface area (Å²) in [6, 6.07) is 0.